The molecular formula is C25H23ClF3NO3. The summed E-state index contributed by atoms with van der Waals surface area (Å²) >= 11 is 6.32. The Hall–Kier alpha value is -2.38. The van der Waals surface area contributed by atoms with Crippen molar-refractivity contribution < 1.29 is 27.9 Å². The second-order valence-electron chi connectivity index (χ2n) is 9.80. The predicted molar refractivity (Wildman–Crippen MR) is 116 cm³/mol. The lowest BCUT2D eigenvalue weighted by atomic mass is 9.52. The Morgan fingerprint density at radius 1 is 1.00 bits per heavy atom. The molecule has 33 heavy (non-hydrogen) atoms. The molecule has 2 aromatic rings. The monoisotopic (exact) mass is 477 g/mol. The van der Waals surface area contributed by atoms with Crippen LogP contribution in [0.1, 0.15) is 63.9 Å². The normalized spacial score (nSPS) is 30.3. The molecule has 0 aliphatic heterocycles. The van der Waals surface area contributed by atoms with Gasteiger partial charge in [-0.25, -0.2) is 0 Å². The van der Waals surface area contributed by atoms with Crippen LogP contribution < -0.4 is 5.32 Å². The molecule has 2 unspecified atom stereocenters. The van der Waals surface area contributed by atoms with Gasteiger partial charge < -0.3 is 10.4 Å². The molecule has 0 heterocycles. The van der Waals surface area contributed by atoms with Crippen molar-refractivity contribution in [1.82, 2.24) is 5.32 Å². The van der Waals surface area contributed by atoms with E-state index in [1.54, 1.807) is 0 Å². The fraction of sp³-hybridized carbons (Fsp3) is 0.440. The molecule has 1 amide bonds. The third-order valence-corrected chi connectivity index (χ3v) is 7.78. The summed E-state index contributed by atoms with van der Waals surface area (Å²) in [6.45, 7) is 0. The fourth-order valence-corrected chi connectivity index (χ4v) is 6.56. The molecule has 4 nitrogen and oxygen atoms in total. The molecule has 4 fully saturated rings. The van der Waals surface area contributed by atoms with Crippen molar-refractivity contribution >= 4 is 23.3 Å². The van der Waals surface area contributed by atoms with E-state index >= 15 is 0 Å². The van der Waals surface area contributed by atoms with Gasteiger partial charge in [0, 0.05) is 17.2 Å². The van der Waals surface area contributed by atoms with Crippen LogP contribution in [0.25, 0.3) is 0 Å². The van der Waals surface area contributed by atoms with Gasteiger partial charge in [-0.3, -0.25) is 9.59 Å². The summed E-state index contributed by atoms with van der Waals surface area (Å²) in [5.41, 5.74) is -1.29. The van der Waals surface area contributed by atoms with Crippen LogP contribution in [0, 0.1) is 17.8 Å². The van der Waals surface area contributed by atoms with Crippen LogP contribution in [0.2, 0.25) is 5.02 Å². The number of benzene rings is 2. The number of halogens is 4. The van der Waals surface area contributed by atoms with Crippen molar-refractivity contribution in [2.75, 3.05) is 0 Å². The number of hydrogen-bond donors (Lipinski definition) is 2. The number of amides is 1. The molecule has 174 valence electrons. The van der Waals surface area contributed by atoms with Crippen LogP contribution in [0.4, 0.5) is 13.2 Å². The van der Waals surface area contributed by atoms with E-state index < -0.39 is 23.1 Å². The van der Waals surface area contributed by atoms with Gasteiger partial charge in [-0.05, 0) is 74.1 Å². The van der Waals surface area contributed by atoms with E-state index in [2.05, 4.69) is 5.32 Å². The van der Waals surface area contributed by atoms with Crippen molar-refractivity contribution in [3.8, 4) is 0 Å². The summed E-state index contributed by atoms with van der Waals surface area (Å²) in [5.74, 6) is 0.0497. The zero-order valence-corrected chi connectivity index (χ0v) is 18.4. The minimum absolute atomic E-state index is 0.0168. The van der Waals surface area contributed by atoms with Gasteiger partial charge in [0.15, 0.2) is 5.78 Å². The standard InChI is InChI=1S/C25H23ClF3NO3/c26-20-9-15(22(31)14-2-1-3-18(8-14)25(27,28)29)4-5-19(20)23(32)30-21-16-6-13-7-17(21)12-24(33,10-13)11-16/h1-5,8-9,13,16-17,21,33H,6-7,10-12H2,(H,30,32). The maximum Gasteiger partial charge on any atom is 0.416 e. The Kier molecular flexibility index (Phi) is 5.33. The number of hydrogen-bond acceptors (Lipinski definition) is 3. The smallest absolute Gasteiger partial charge is 0.390 e. The molecule has 4 bridgehead atoms. The first kappa shape index (κ1) is 22.4. The van der Waals surface area contributed by atoms with Gasteiger partial charge in [-0.15, -0.1) is 0 Å². The van der Waals surface area contributed by atoms with Crippen molar-refractivity contribution in [3.63, 3.8) is 0 Å². The zero-order chi connectivity index (χ0) is 23.5. The van der Waals surface area contributed by atoms with E-state index in [0.717, 1.165) is 31.4 Å². The second kappa shape index (κ2) is 7.84. The third kappa shape index (κ3) is 4.17. The highest BCUT2D eigenvalue weighted by Gasteiger charge is 2.55. The highest BCUT2D eigenvalue weighted by Crippen LogP contribution is 2.55. The third-order valence-electron chi connectivity index (χ3n) is 7.47. The van der Waals surface area contributed by atoms with Crippen molar-refractivity contribution in [2.24, 2.45) is 17.8 Å². The molecule has 4 saturated carbocycles. The highest BCUT2D eigenvalue weighted by molar-refractivity contribution is 6.34. The number of ketones is 1. The Balaban J connectivity index is 1.32. The Bertz CT molecular complexity index is 1120. The molecule has 0 aromatic heterocycles. The number of nitrogens with one attached hydrogen (secondary N) is 1. The van der Waals surface area contributed by atoms with E-state index in [0.29, 0.717) is 18.8 Å². The molecular weight excluding hydrogens is 455 g/mol. The summed E-state index contributed by atoms with van der Waals surface area (Å²) in [6, 6.07) is 8.34. The second-order valence-corrected chi connectivity index (χ2v) is 10.2. The van der Waals surface area contributed by atoms with Crippen LogP contribution in [0.15, 0.2) is 42.5 Å². The lowest BCUT2D eigenvalue weighted by Crippen LogP contribution is -2.61. The molecule has 0 spiro atoms. The topological polar surface area (TPSA) is 66.4 Å². The average molecular weight is 478 g/mol. The zero-order valence-electron chi connectivity index (χ0n) is 17.7. The molecule has 2 aromatic carbocycles. The van der Waals surface area contributed by atoms with Gasteiger partial charge in [0.25, 0.3) is 5.91 Å². The van der Waals surface area contributed by atoms with Crippen LogP contribution in [0.5, 0.6) is 0 Å². The first-order chi connectivity index (χ1) is 15.5. The van der Waals surface area contributed by atoms with Crippen molar-refractivity contribution in [2.45, 2.75) is 49.9 Å². The molecule has 6 rings (SSSR count). The van der Waals surface area contributed by atoms with Gasteiger partial charge in [0.1, 0.15) is 0 Å². The van der Waals surface area contributed by atoms with E-state index in [9.17, 15) is 27.9 Å². The first-order valence-electron chi connectivity index (χ1n) is 11.1. The van der Waals surface area contributed by atoms with E-state index in [4.69, 9.17) is 11.6 Å². The molecule has 0 radical (unpaired) electrons. The molecule has 2 N–H and O–H groups in total. The summed E-state index contributed by atoms with van der Waals surface area (Å²) in [7, 11) is 0. The number of carbonyl (C=O) groups excluding carboxylic acids is 2. The molecule has 4 aliphatic carbocycles. The van der Waals surface area contributed by atoms with Gasteiger partial charge in [-0.2, -0.15) is 13.2 Å². The Labute approximate surface area is 194 Å². The Morgan fingerprint density at radius 2 is 1.67 bits per heavy atom. The van der Waals surface area contributed by atoms with Gasteiger partial charge in [-0.1, -0.05) is 29.8 Å². The van der Waals surface area contributed by atoms with E-state index in [1.165, 1.54) is 30.3 Å². The Morgan fingerprint density at radius 3 is 2.27 bits per heavy atom. The quantitative estimate of drug-likeness (QED) is 0.590. The average Bonchev–Trinajstić information content (AvgIpc) is 2.74. The van der Waals surface area contributed by atoms with Crippen molar-refractivity contribution in [3.05, 3.63) is 69.7 Å². The van der Waals surface area contributed by atoms with Crippen LogP contribution in [0.3, 0.4) is 0 Å². The molecule has 8 heteroatoms. The predicted octanol–water partition coefficient (Wildman–Crippen LogP) is 5.26. The highest BCUT2D eigenvalue weighted by atomic mass is 35.5. The number of rotatable bonds is 4. The summed E-state index contributed by atoms with van der Waals surface area (Å²) in [6.07, 6.45) is -0.298. The molecule has 2 atom stereocenters. The summed E-state index contributed by atoms with van der Waals surface area (Å²) < 4.78 is 38.9. The lowest BCUT2D eigenvalue weighted by molar-refractivity contribution is -0.137. The first-order valence-corrected chi connectivity index (χ1v) is 11.4. The van der Waals surface area contributed by atoms with Gasteiger partial charge >= 0.3 is 6.18 Å². The lowest BCUT2D eigenvalue weighted by Gasteiger charge is -2.58. The largest absolute Gasteiger partial charge is 0.416 e. The van der Waals surface area contributed by atoms with E-state index in [-0.39, 0.29) is 45.5 Å². The number of alkyl halides is 3. The molecule has 0 saturated heterocycles. The number of carbonyl (C=O) groups is 2. The summed E-state index contributed by atoms with van der Waals surface area (Å²) in [5, 5.41) is 13.9. The minimum Gasteiger partial charge on any atom is -0.390 e. The van der Waals surface area contributed by atoms with Crippen LogP contribution in [-0.2, 0) is 6.18 Å². The number of aliphatic hydroxyl groups is 1. The summed E-state index contributed by atoms with van der Waals surface area (Å²) in [4.78, 5) is 25.7. The minimum atomic E-state index is -4.55. The van der Waals surface area contributed by atoms with Gasteiger partial charge in [0.2, 0.25) is 0 Å². The van der Waals surface area contributed by atoms with E-state index in [1.807, 2.05) is 0 Å². The van der Waals surface area contributed by atoms with Crippen LogP contribution in [-0.4, -0.2) is 28.4 Å². The molecule has 4 aliphatic rings. The maximum absolute atomic E-state index is 13.0. The van der Waals surface area contributed by atoms with Crippen molar-refractivity contribution in [1.29, 1.82) is 0 Å². The maximum atomic E-state index is 13.0. The van der Waals surface area contributed by atoms with Crippen LogP contribution >= 0.6 is 11.6 Å². The van der Waals surface area contributed by atoms with Gasteiger partial charge in [0.05, 0.1) is 21.8 Å². The fourth-order valence-electron chi connectivity index (χ4n) is 6.29. The SMILES string of the molecule is O=C(c1cccc(C(F)(F)F)c1)c1ccc(C(=O)NC2C3CC4CC2CC(O)(C4)C3)c(Cl)c1.